The summed E-state index contributed by atoms with van der Waals surface area (Å²) in [5, 5.41) is 0. The summed E-state index contributed by atoms with van der Waals surface area (Å²) < 4.78 is 18.7. The van der Waals surface area contributed by atoms with Gasteiger partial charge in [-0.2, -0.15) is 0 Å². The Morgan fingerprint density at radius 3 is 0.842 bits per heavy atom. The third-order valence-corrected chi connectivity index (χ3v) is 21.4. The Labute approximate surface area is 631 Å². The molecule has 0 aromatic heterocycles. The van der Waals surface area contributed by atoms with Gasteiger partial charge < -0.3 is 19.1 Å². The van der Waals surface area contributed by atoms with Crippen LogP contribution in [0, 0.1) is 11.8 Å². The van der Waals surface area contributed by atoms with Crippen LogP contribution < -0.4 is 0 Å². The Hall–Kier alpha value is -2.71. The number of hydrogen-bond acceptors (Lipinski definition) is 8. The fourth-order valence-electron chi connectivity index (χ4n) is 14.4. The first-order valence-electron chi connectivity index (χ1n) is 45.2. The number of rotatable bonds is 82. The van der Waals surface area contributed by atoms with Crippen LogP contribution in [0.2, 0.25) is 0 Å². The van der Waals surface area contributed by atoms with E-state index in [1.165, 1.54) is 257 Å². The van der Waals surface area contributed by atoms with Crippen LogP contribution in [-0.2, 0) is 28.6 Å². The maximum absolute atomic E-state index is 14.3. The number of esters is 3. The molecule has 0 N–H and O–H groups in total. The molecule has 0 spiro atoms. The molecule has 1 atom stereocenters. The Balaban J connectivity index is 5.73. The van der Waals surface area contributed by atoms with E-state index in [1.807, 2.05) is 0 Å². The summed E-state index contributed by atoms with van der Waals surface area (Å²) >= 11 is 0. The normalized spacial score (nSPS) is 12.5. The van der Waals surface area contributed by atoms with Gasteiger partial charge in [-0.3, -0.25) is 19.3 Å². The highest BCUT2D eigenvalue weighted by atomic mass is 16.5. The van der Waals surface area contributed by atoms with Gasteiger partial charge in [-0.25, -0.2) is 0 Å². The highest BCUT2D eigenvalue weighted by Gasteiger charge is 2.26. The molecule has 594 valence electrons. The number of unbranched alkanes of at least 4 members (excludes halogenated alkanes) is 45. The standard InChI is InChI=1S/C93H176N2O6/c1-9-15-21-27-33-35-37-39-41-43-45-47-49-51-57-67-79-89(80-68-58-52-50-48-46-44-42-40-38-36-34-28-22-16-10-2)101-93(98)90(94(7)8)81-69-72-84-95(82-70-59-61-73-85-99-91(96)87(75-63-53-29-23-17-11-3)76-64-54-30-24-18-12-4)83-71-60-62-74-86-100-92(97)88(77-65-55-31-25-19-13-5)78-66-56-32-26-20-14-6/h33-36,39-42,87-90H,9-32,37-38,43-86H2,1-8H3/b35-33+,36-34+,41-39+,42-40+. The van der Waals surface area contributed by atoms with E-state index in [1.54, 1.807) is 0 Å². The quantitative estimate of drug-likeness (QED) is 0.0258. The van der Waals surface area contributed by atoms with Crippen LogP contribution in [0.5, 0.6) is 0 Å². The molecule has 0 fully saturated rings. The van der Waals surface area contributed by atoms with E-state index in [2.05, 4.69) is 114 Å². The van der Waals surface area contributed by atoms with Gasteiger partial charge in [0.2, 0.25) is 0 Å². The Kier molecular flexibility index (Phi) is 79.2. The van der Waals surface area contributed by atoms with Crippen LogP contribution in [0.4, 0.5) is 0 Å². The summed E-state index contributed by atoms with van der Waals surface area (Å²) in [6.07, 6.45) is 96.1. The van der Waals surface area contributed by atoms with Gasteiger partial charge in [-0.05, 0) is 188 Å². The van der Waals surface area contributed by atoms with Crippen molar-refractivity contribution in [1.82, 2.24) is 9.80 Å². The molecule has 0 aliphatic carbocycles. The lowest BCUT2D eigenvalue weighted by molar-refractivity contribution is -0.156. The third kappa shape index (κ3) is 70.1. The number of likely N-dealkylation sites (N-methyl/N-ethyl adjacent to an activating group) is 1. The van der Waals surface area contributed by atoms with Crippen molar-refractivity contribution >= 4 is 17.9 Å². The van der Waals surface area contributed by atoms with Crippen molar-refractivity contribution in [3.05, 3.63) is 48.6 Å². The topological polar surface area (TPSA) is 85.4 Å². The third-order valence-electron chi connectivity index (χ3n) is 21.4. The van der Waals surface area contributed by atoms with E-state index in [-0.39, 0.29) is 41.9 Å². The fraction of sp³-hybridized carbons (Fsp3) is 0.882. The highest BCUT2D eigenvalue weighted by molar-refractivity contribution is 5.76. The van der Waals surface area contributed by atoms with E-state index in [4.69, 9.17) is 14.2 Å². The molecule has 1 unspecified atom stereocenters. The van der Waals surface area contributed by atoms with Crippen LogP contribution >= 0.6 is 0 Å². The maximum atomic E-state index is 14.3. The van der Waals surface area contributed by atoms with Crippen LogP contribution in [0.25, 0.3) is 0 Å². The Morgan fingerprint density at radius 1 is 0.267 bits per heavy atom. The van der Waals surface area contributed by atoms with E-state index in [0.717, 1.165) is 180 Å². The second kappa shape index (κ2) is 81.4. The summed E-state index contributed by atoms with van der Waals surface area (Å²) in [6, 6.07) is -0.233. The summed E-state index contributed by atoms with van der Waals surface area (Å²) in [7, 11) is 4.13. The maximum Gasteiger partial charge on any atom is 0.323 e. The molecule has 8 nitrogen and oxygen atoms in total. The molecule has 0 aliphatic rings. The van der Waals surface area contributed by atoms with Gasteiger partial charge in [0.1, 0.15) is 12.1 Å². The van der Waals surface area contributed by atoms with Gasteiger partial charge in [0.15, 0.2) is 0 Å². The number of ether oxygens (including phenoxy) is 3. The predicted molar refractivity (Wildman–Crippen MR) is 443 cm³/mol. The monoisotopic (exact) mass is 1420 g/mol. The molecule has 0 aliphatic heterocycles. The summed E-state index contributed by atoms with van der Waals surface area (Å²) in [4.78, 5) is 46.1. The summed E-state index contributed by atoms with van der Waals surface area (Å²) in [6.45, 7) is 17.9. The Bertz CT molecular complexity index is 1680. The molecule has 0 saturated carbocycles. The van der Waals surface area contributed by atoms with Crippen LogP contribution in [-0.4, -0.2) is 86.8 Å². The first-order chi connectivity index (χ1) is 49.7. The predicted octanol–water partition coefficient (Wildman–Crippen LogP) is 29.1. The SMILES string of the molecule is CCCCC/C=C/C/C=C/CCCCCCCCC(CCCCCCCC/C=C/C/C=C/CCCCC)OC(=O)C(CCCCN(CCCCCCOC(=O)C(CCCCCCCC)CCCCCCCC)CCCCCCOC(=O)C(CCCCCCCC)CCCCCCCC)N(C)C. The first kappa shape index (κ1) is 98.3. The van der Waals surface area contributed by atoms with Crippen LogP contribution in [0.15, 0.2) is 48.6 Å². The smallest absolute Gasteiger partial charge is 0.323 e. The molecule has 0 aromatic carbocycles. The average molecular weight is 1420 g/mol. The summed E-state index contributed by atoms with van der Waals surface area (Å²) in [5.41, 5.74) is 0. The average Bonchev–Trinajstić information content (AvgIpc) is 1.07. The molecule has 0 rings (SSSR count). The van der Waals surface area contributed by atoms with Crippen molar-refractivity contribution < 1.29 is 28.6 Å². The van der Waals surface area contributed by atoms with E-state index >= 15 is 0 Å². The van der Waals surface area contributed by atoms with Gasteiger partial charge in [0.25, 0.3) is 0 Å². The zero-order chi connectivity index (χ0) is 73.5. The van der Waals surface area contributed by atoms with Crippen molar-refractivity contribution in [3.8, 4) is 0 Å². The number of allylic oxidation sites excluding steroid dienone is 8. The molecule has 0 bridgehead atoms. The van der Waals surface area contributed by atoms with Crippen LogP contribution in [0.1, 0.15) is 459 Å². The van der Waals surface area contributed by atoms with Crippen molar-refractivity contribution in [3.63, 3.8) is 0 Å². The van der Waals surface area contributed by atoms with E-state index in [0.29, 0.717) is 13.2 Å². The molecule has 0 saturated heterocycles. The lowest BCUT2D eigenvalue weighted by Gasteiger charge is -2.27. The zero-order valence-corrected chi connectivity index (χ0v) is 69.3. The largest absolute Gasteiger partial charge is 0.465 e. The van der Waals surface area contributed by atoms with Crippen LogP contribution in [0.3, 0.4) is 0 Å². The van der Waals surface area contributed by atoms with Gasteiger partial charge in [-0.15, -0.1) is 0 Å². The van der Waals surface area contributed by atoms with Crippen molar-refractivity contribution in [2.24, 2.45) is 11.8 Å². The van der Waals surface area contributed by atoms with Crippen molar-refractivity contribution in [1.29, 1.82) is 0 Å². The second-order valence-electron chi connectivity index (χ2n) is 31.4. The van der Waals surface area contributed by atoms with Gasteiger partial charge in [0.05, 0.1) is 25.0 Å². The van der Waals surface area contributed by atoms with Crippen molar-refractivity contribution in [2.75, 3.05) is 46.9 Å². The lowest BCUT2D eigenvalue weighted by Crippen LogP contribution is -2.39. The minimum atomic E-state index is -0.233. The number of carbonyl (C=O) groups excluding carboxylic acids is 3. The zero-order valence-electron chi connectivity index (χ0n) is 69.3. The minimum absolute atomic E-state index is 0.000317. The van der Waals surface area contributed by atoms with Gasteiger partial charge >= 0.3 is 17.9 Å². The van der Waals surface area contributed by atoms with E-state index in [9.17, 15) is 14.4 Å². The van der Waals surface area contributed by atoms with Crippen molar-refractivity contribution in [2.45, 2.75) is 471 Å². The Morgan fingerprint density at radius 2 is 0.515 bits per heavy atom. The molecule has 0 radical (unpaired) electrons. The lowest BCUT2D eigenvalue weighted by atomic mass is 9.94. The molecule has 0 aromatic rings. The first-order valence-corrected chi connectivity index (χ1v) is 45.2. The minimum Gasteiger partial charge on any atom is -0.465 e. The highest BCUT2D eigenvalue weighted by Crippen LogP contribution is 2.25. The molecular formula is C93H176N2O6. The number of carbonyl (C=O) groups is 3. The number of hydrogen-bond donors (Lipinski definition) is 0. The van der Waals surface area contributed by atoms with E-state index < -0.39 is 0 Å². The fourth-order valence-corrected chi connectivity index (χ4v) is 14.4. The molecule has 8 heteroatoms. The van der Waals surface area contributed by atoms with Gasteiger partial charge in [0, 0.05) is 0 Å². The second-order valence-corrected chi connectivity index (χ2v) is 31.4. The molecule has 0 heterocycles. The summed E-state index contributed by atoms with van der Waals surface area (Å²) in [5.74, 6) is 0.214. The molecular weight excluding hydrogens is 1240 g/mol. The van der Waals surface area contributed by atoms with Gasteiger partial charge in [-0.1, -0.05) is 353 Å². The molecule has 101 heavy (non-hydrogen) atoms. The molecule has 0 amide bonds. The number of nitrogens with zero attached hydrogens (tertiary/aromatic N) is 2.